The summed E-state index contributed by atoms with van der Waals surface area (Å²) in [5.41, 5.74) is -0.868. The molecule has 0 unspecified atom stereocenters. The zero-order valence-electron chi connectivity index (χ0n) is 12.9. The minimum absolute atomic E-state index is 0.117. The lowest BCUT2D eigenvalue weighted by Crippen LogP contribution is -2.20. The van der Waals surface area contributed by atoms with Gasteiger partial charge in [-0.05, 0) is 41.1 Å². The highest BCUT2D eigenvalue weighted by atomic mass is 79.9. The molecule has 0 bridgehead atoms. The van der Waals surface area contributed by atoms with E-state index in [2.05, 4.69) is 31.1 Å². The van der Waals surface area contributed by atoms with Crippen LogP contribution >= 0.6 is 27.5 Å². The fourth-order valence-corrected chi connectivity index (χ4v) is 2.70. The van der Waals surface area contributed by atoms with Gasteiger partial charge in [0.2, 0.25) is 5.91 Å². The number of benzene rings is 1. The van der Waals surface area contributed by atoms with Crippen LogP contribution in [0.5, 0.6) is 5.75 Å². The molecule has 0 spiro atoms. The Bertz CT molecular complexity index is 826. The number of alkyl halides is 5. The van der Waals surface area contributed by atoms with Crippen LogP contribution in [0.2, 0.25) is 5.02 Å². The van der Waals surface area contributed by atoms with Crippen LogP contribution in [0, 0.1) is 6.92 Å². The van der Waals surface area contributed by atoms with Crippen molar-refractivity contribution in [2.75, 3.05) is 5.32 Å². The quantitative estimate of drug-likeness (QED) is 0.646. The van der Waals surface area contributed by atoms with Crippen molar-refractivity contribution in [2.24, 2.45) is 0 Å². The summed E-state index contributed by atoms with van der Waals surface area (Å²) < 4.78 is 67.6. The molecule has 0 aliphatic carbocycles. The van der Waals surface area contributed by atoms with Gasteiger partial charge in [0.15, 0.2) is 5.69 Å². The molecular weight excluding hydrogens is 453 g/mol. The Hall–Kier alpha value is -1.88. The first kappa shape index (κ1) is 20.4. The number of anilines is 1. The predicted octanol–water partition coefficient (Wildman–Crippen LogP) is 4.87. The van der Waals surface area contributed by atoms with E-state index in [4.69, 9.17) is 11.6 Å². The van der Waals surface area contributed by atoms with Crippen LogP contribution in [0.4, 0.5) is 27.6 Å². The van der Waals surface area contributed by atoms with E-state index in [1.165, 1.54) is 19.1 Å². The van der Waals surface area contributed by atoms with Gasteiger partial charge in [-0.3, -0.25) is 9.48 Å². The molecule has 1 amide bonds. The van der Waals surface area contributed by atoms with Gasteiger partial charge in [-0.1, -0.05) is 11.6 Å². The highest BCUT2D eigenvalue weighted by Gasteiger charge is 2.38. The van der Waals surface area contributed by atoms with Gasteiger partial charge in [-0.2, -0.15) is 27.1 Å². The third-order valence-electron chi connectivity index (χ3n) is 3.13. The van der Waals surface area contributed by atoms with Crippen molar-refractivity contribution in [3.63, 3.8) is 0 Å². The second-order valence-electron chi connectivity index (χ2n) is 4.98. The third-order valence-corrected chi connectivity index (χ3v) is 4.37. The summed E-state index contributed by atoms with van der Waals surface area (Å²) in [7, 11) is 0. The molecule has 2 rings (SSSR count). The second-order valence-corrected chi connectivity index (χ2v) is 6.18. The van der Waals surface area contributed by atoms with Crippen LogP contribution in [0.25, 0.3) is 0 Å². The summed E-state index contributed by atoms with van der Waals surface area (Å²) in [4.78, 5) is 12.0. The van der Waals surface area contributed by atoms with Crippen molar-refractivity contribution < 1.29 is 31.5 Å². The van der Waals surface area contributed by atoms with E-state index >= 15 is 0 Å². The molecule has 26 heavy (non-hydrogen) atoms. The summed E-state index contributed by atoms with van der Waals surface area (Å²) in [6.07, 6.45) is -4.67. The average Bonchev–Trinajstić information content (AvgIpc) is 2.78. The topological polar surface area (TPSA) is 56.2 Å². The van der Waals surface area contributed by atoms with E-state index < -0.39 is 30.9 Å². The molecule has 12 heteroatoms. The SMILES string of the molecule is Cc1c(Br)c(C(F)(F)F)nn1CC(=O)Nc1ccc(OC(F)F)c(Cl)c1. The van der Waals surface area contributed by atoms with E-state index in [-0.39, 0.29) is 26.6 Å². The van der Waals surface area contributed by atoms with Crippen LogP contribution in [0.1, 0.15) is 11.4 Å². The predicted molar refractivity (Wildman–Crippen MR) is 86.4 cm³/mol. The first-order valence-electron chi connectivity index (χ1n) is 6.83. The Labute approximate surface area is 157 Å². The number of halogens is 7. The normalized spacial score (nSPS) is 11.7. The van der Waals surface area contributed by atoms with E-state index in [0.29, 0.717) is 0 Å². The molecule has 1 N–H and O–H groups in total. The Morgan fingerprint density at radius 3 is 2.58 bits per heavy atom. The molecule has 2 aromatic rings. The zero-order chi connectivity index (χ0) is 19.6. The largest absolute Gasteiger partial charge is 0.436 e. The number of hydrogen-bond donors (Lipinski definition) is 1. The fraction of sp³-hybridized carbons (Fsp3) is 0.286. The number of carbonyl (C=O) groups excluding carboxylic acids is 1. The Kier molecular flexibility index (Phi) is 6.12. The third kappa shape index (κ3) is 4.85. The molecule has 0 aliphatic heterocycles. The highest BCUT2D eigenvalue weighted by molar-refractivity contribution is 9.10. The molecule has 0 atom stereocenters. The molecular formula is C14H10BrClF5N3O2. The van der Waals surface area contributed by atoms with Gasteiger partial charge in [-0.15, -0.1) is 0 Å². The molecule has 5 nitrogen and oxygen atoms in total. The molecule has 0 saturated carbocycles. The molecule has 142 valence electrons. The summed E-state index contributed by atoms with van der Waals surface area (Å²) >= 11 is 8.56. The average molecular weight is 463 g/mol. The summed E-state index contributed by atoms with van der Waals surface area (Å²) in [5.74, 6) is -0.961. The standard InChI is InChI=1S/C14H10BrClF5N3O2/c1-6-11(15)12(14(19,20)21)23-24(6)5-10(25)22-7-2-3-9(8(16)4-7)26-13(17)18/h2-4,13H,5H2,1H3,(H,22,25). The summed E-state index contributed by atoms with van der Waals surface area (Å²) in [6.45, 7) is -2.18. The van der Waals surface area contributed by atoms with Crippen LogP contribution < -0.4 is 10.1 Å². The van der Waals surface area contributed by atoms with E-state index in [1.807, 2.05) is 0 Å². The van der Waals surface area contributed by atoms with Gasteiger partial charge < -0.3 is 10.1 Å². The Morgan fingerprint density at radius 1 is 1.42 bits per heavy atom. The Morgan fingerprint density at radius 2 is 2.08 bits per heavy atom. The number of nitrogens with zero attached hydrogens (tertiary/aromatic N) is 2. The minimum atomic E-state index is -4.67. The monoisotopic (exact) mass is 461 g/mol. The van der Waals surface area contributed by atoms with Gasteiger partial charge in [0.05, 0.1) is 15.2 Å². The van der Waals surface area contributed by atoms with Gasteiger partial charge in [0, 0.05) is 5.69 Å². The molecule has 0 aliphatic rings. The first-order valence-corrected chi connectivity index (χ1v) is 8.00. The number of ether oxygens (including phenoxy) is 1. The number of aromatic nitrogens is 2. The van der Waals surface area contributed by atoms with E-state index in [1.54, 1.807) is 0 Å². The molecule has 1 heterocycles. The first-order chi connectivity index (χ1) is 12.0. The summed E-state index contributed by atoms with van der Waals surface area (Å²) in [5, 5.41) is 5.60. The Balaban J connectivity index is 2.11. The lowest BCUT2D eigenvalue weighted by Gasteiger charge is -2.10. The van der Waals surface area contributed by atoms with Crippen molar-refractivity contribution in [3.05, 3.63) is 39.1 Å². The fourth-order valence-electron chi connectivity index (χ4n) is 1.97. The molecule has 0 saturated heterocycles. The maximum absolute atomic E-state index is 12.8. The van der Waals surface area contributed by atoms with Crippen LogP contribution in [0.3, 0.4) is 0 Å². The molecule has 0 fully saturated rings. The number of carbonyl (C=O) groups is 1. The van der Waals surface area contributed by atoms with Crippen molar-refractivity contribution >= 4 is 39.1 Å². The highest BCUT2D eigenvalue weighted by Crippen LogP contribution is 2.35. The van der Waals surface area contributed by atoms with Crippen LogP contribution in [-0.4, -0.2) is 22.3 Å². The molecule has 1 aromatic heterocycles. The molecule has 0 radical (unpaired) electrons. The van der Waals surface area contributed by atoms with Gasteiger partial charge in [0.25, 0.3) is 0 Å². The molecule has 1 aromatic carbocycles. The second kappa shape index (κ2) is 7.78. The van der Waals surface area contributed by atoms with E-state index in [0.717, 1.165) is 10.7 Å². The number of hydrogen-bond acceptors (Lipinski definition) is 3. The lowest BCUT2D eigenvalue weighted by atomic mass is 10.3. The van der Waals surface area contributed by atoms with Gasteiger partial charge in [0.1, 0.15) is 12.3 Å². The number of rotatable bonds is 5. The van der Waals surface area contributed by atoms with Crippen molar-refractivity contribution in [1.82, 2.24) is 9.78 Å². The zero-order valence-corrected chi connectivity index (χ0v) is 15.2. The van der Waals surface area contributed by atoms with E-state index in [9.17, 15) is 26.7 Å². The van der Waals surface area contributed by atoms with Gasteiger partial charge in [-0.25, -0.2) is 0 Å². The van der Waals surface area contributed by atoms with Crippen molar-refractivity contribution in [3.8, 4) is 5.75 Å². The van der Waals surface area contributed by atoms with Gasteiger partial charge >= 0.3 is 12.8 Å². The number of nitrogens with one attached hydrogen (secondary N) is 1. The smallest absolute Gasteiger partial charge is 0.433 e. The minimum Gasteiger partial charge on any atom is -0.433 e. The lowest BCUT2D eigenvalue weighted by molar-refractivity contribution is -0.142. The maximum atomic E-state index is 12.8. The summed E-state index contributed by atoms with van der Waals surface area (Å²) in [6, 6.07) is 3.56. The van der Waals surface area contributed by atoms with Crippen LogP contribution in [0.15, 0.2) is 22.7 Å². The number of amides is 1. The van der Waals surface area contributed by atoms with Crippen molar-refractivity contribution in [2.45, 2.75) is 26.3 Å². The van der Waals surface area contributed by atoms with Crippen molar-refractivity contribution in [1.29, 1.82) is 0 Å². The maximum Gasteiger partial charge on any atom is 0.436 e. The van der Waals surface area contributed by atoms with Crippen LogP contribution in [-0.2, 0) is 17.5 Å².